The number of aromatic nitrogens is 1. The SMILES string of the molecule is CC(=O)N1[C@@H]2CN(C(=O)c3cc4ccccc4[nH]3)[C@@H]3CCCC[C@H]1[C@]3(C)C2. The molecule has 1 aromatic carbocycles. The van der Waals surface area contributed by atoms with Crippen LogP contribution >= 0.6 is 0 Å². The van der Waals surface area contributed by atoms with Gasteiger partial charge in [0.25, 0.3) is 5.91 Å². The summed E-state index contributed by atoms with van der Waals surface area (Å²) in [5.74, 6) is 0.243. The number of rotatable bonds is 1. The van der Waals surface area contributed by atoms with Crippen molar-refractivity contribution in [3.8, 4) is 0 Å². The molecule has 2 amide bonds. The summed E-state index contributed by atoms with van der Waals surface area (Å²) in [4.78, 5) is 33.4. The van der Waals surface area contributed by atoms with Crippen molar-refractivity contribution in [2.24, 2.45) is 5.41 Å². The number of likely N-dealkylation sites (tertiary alicyclic amines) is 2. The Morgan fingerprint density at radius 1 is 1.15 bits per heavy atom. The van der Waals surface area contributed by atoms with E-state index in [1.807, 2.05) is 30.3 Å². The van der Waals surface area contributed by atoms with Gasteiger partial charge in [-0.15, -0.1) is 0 Å². The van der Waals surface area contributed by atoms with E-state index in [1.54, 1.807) is 6.92 Å². The molecule has 4 atom stereocenters. The van der Waals surface area contributed by atoms with Crippen LogP contribution in [0.3, 0.4) is 0 Å². The third kappa shape index (κ3) is 2.36. The highest BCUT2D eigenvalue weighted by Gasteiger charge is 2.60. The number of piperidine rings is 1. The fourth-order valence-corrected chi connectivity index (χ4v) is 6.21. The number of para-hydroxylation sites is 1. The number of carbonyl (C=O) groups excluding carboxylic acids is 2. The van der Waals surface area contributed by atoms with Crippen LogP contribution < -0.4 is 0 Å². The number of nitrogens with one attached hydrogen (secondary N) is 1. The number of fused-ring (bicyclic) bond motifs is 2. The van der Waals surface area contributed by atoms with Crippen molar-refractivity contribution < 1.29 is 9.59 Å². The number of hydrogen-bond donors (Lipinski definition) is 1. The quantitative estimate of drug-likeness (QED) is 0.840. The van der Waals surface area contributed by atoms with Crippen LogP contribution in [0.25, 0.3) is 10.9 Å². The zero-order valence-electron chi connectivity index (χ0n) is 16.1. The predicted octanol–water partition coefficient (Wildman–Crippen LogP) is 3.56. The molecule has 1 N–H and O–H groups in total. The maximum Gasteiger partial charge on any atom is 0.270 e. The molecule has 0 spiro atoms. The summed E-state index contributed by atoms with van der Waals surface area (Å²) in [7, 11) is 0. The van der Waals surface area contributed by atoms with Gasteiger partial charge in [-0.2, -0.15) is 0 Å². The summed E-state index contributed by atoms with van der Waals surface area (Å²) in [6.45, 7) is 4.66. The first-order valence-corrected chi connectivity index (χ1v) is 10.2. The monoisotopic (exact) mass is 365 g/mol. The zero-order valence-corrected chi connectivity index (χ0v) is 16.1. The van der Waals surface area contributed by atoms with E-state index >= 15 is 0 Å². The minimum Gasteiger partial charge on any atom is -0.351 e. The van der Waals surface area contributed by atoms with Crippen molar-refractivity contribution in [2.75, 3.05) is 6.54 Å². The van der Waals surface area contributed by atoms with Gasteiger partial charge in [-0.1, -0.05) is 38.0 Å². The standard InChI is InChI=1S/C22H27N3O2/c1-14(26)25-16-12-22(2)19(9-5-6-10-20(22)25)24(13-16)21(27)18-11-15-7-3-4-8-17(15)23-18/h3-4,7-8,11,16,19-20,23H,5-6,9-10,12-13H2,1-2H3/t16-,19+,20-,22+/m0/s1. The van der Waals surface area contributed by atoms with Crippen LogP contribution in [0.2, 0.25) is 0 Å². The molecule has 2 aromatic rings. The van der Waals surface area contributed by atoms with Crippen LogP contribution in [0, 0.1) is 5.41 Å². The lowest BCUT2D eigenvalue weighted by Crippen LogP contribution is -2.55. The molecular formula is C22H27N3O2. The first-order chi connectivity index (χ1) is 13.0. The summed E-state index contributed by atoms with van der Waals surface area (Å²) < 4.78 is 0. The highest BCUT2D eigenvalue weighted by Crippen LogP contribution is 2.53. The smallest absolute Gasteiger partial charge is 0.270 e. The van der Waals surface area contributed by atoms with Crippen molar-refractivity contribution in [1.82, 2.24) is 14.8 Å². The van der Waals surface area contributed by atoms with E-state index in [0.717, 1.165) is 43.0 Å². The minimum absolute atomic E-state index is 0.00671. The lowest BCUT2D eigenvalue weighted by molar-refractivity contribution is -0.132. The molecule has 5 heteroatoms. The molecule has 3 fully saturated rings. The summed E-state index contributed by atoms with van der Waals surface area (Å²) in [5.41, 5.74) is 1.67. The van der Waals surface area contributed by atoms with E-state index in [9.17, 15) is 9.59 Å². The van der Waals surface area contributed by atoms with E-state index in [2.05, 4.69) is 21.7 Å². The first-order valence-electron chi connectivity index (χ1n) is 10.2. The van der Waals surface area contributed by atoms with Crippen LogP contribution in [-0.2, 0) is 4.79 Å². The predicted molar refractivity (Wildman–Crippen MR) is 104 cm³/mol. The van der Waals surface area contributed by atoms with Gasteiger partial charge in [0, 0.05) is 41.9 Å². The van der Waals surface area contributed by atoms with Crippen LogP contribution in [0.4, 0.5) is 0 Å². The lowest BCUT2D eigenvalue weighted by Gasteiger charge is -2.46. The topological polar surface area (TPSA) is 56.4 Å². The third-order valence-electron chi connectivity index (χ3n) is 7.30. The molecule has 2 saturated heterocycles. The number of carbonyl (C=O) groups is 2. The van der Waals surface area contributed by atoms with Crippen molar-refractivity contribution in [3.63, 3.8) is 0 Å². The van der Waals surface area contributed by atoms with Crippen molar-refractivity contribution in [3.05, 3.63) is 36.0 Å². The van der Waals surface area contributed by atoms with Gasteiger partial charge in [0.1, 0.15) is 5.69 Å². The Morgan fingerprint density at radius 2 is 1.89 bits per heavy atom. The molecule has 5 nitrogen and oxygen atoms in total. The summed E-state index contributed by atoms with van der Waals surface area (Å²) in [6, 6.07) is 10.6. The fourth-order valence-electron chi connectivity index (χ4n) is 6.21. The molecule has 27 heavy (non-hydrogen) atoms. The summed E-state index contributed by atoms with van der Waals surface area (Å²) in [5, 5.41) is 1.07. The van der Waals surface area contributed by atoms with E-state index in [0.29, 0.717) is 12.2 Å². The number of hydrogen-bond acceptors (Lipinski definition) is 2. The molecule has 0 radical (unpaired) electrons. The van der Waals surface area contributed by atoms with Gasteiger partial charge >= 0.3 is 0 Å². The molecule has 2 aliphatic heterocycles. The van der Waals surface area contributed by atoms with E-state index in [-0.39, 0.29) is 35.4 Å². The molecule has 0 unspecified atom stereocenters. The summed E-state index contributed by atoms with van der Waals surface area (Å²) >= 11 is 0. The van der Waals surface area contributed by atoms with Gasteiger partial charge in [-0.3, -0.25) is 9.59 Å². The first kappa shape index (κ1) is 16.8. The van der Waals surface area contributed by atoms with Gasteiger partial charge in [0.05, 0.1) is 6.04 Å². The molecule has 142 valence electrons. The molecular weight excluding hydrogens is 338 g/mol. The third-order valence-corrected chi connectivity index (χ3v) is 7.30. The van der Waals surface area contributed by atoms with Crippen molar-refractivity contribution >= 4 is 22.7 Å². The Hall–Kier alpha value is -2.30. The average molecular weight is 365 g/mol. The number of H-pyrrole nitrogens is 1. The maximum absolute atomic E-state index is 13.5. The Kier molecular flexibility index (Phi) is 3.65. The Bertz CT molecular complexity index is 886. The van der Waals surface area contributed by atoms with Crippen LogP contribution in [0.1, 0.15) is 56.4 Å². The zero-order chi connectivity index (χ0) is 18.8. The number of benzene rings is 1. The van der Waals surface area contributed by atoms with Gasteiger partial charge in [-0.25, -0.2) is 0 Å². The molecule has 2 bridgehead atoms. The second kappa shape index (κ2) is 5.85. The fraction of sp³-hybridized carbons (Fsp3) is 0.545. The van der Waals surface area contributed by atoms with E-state index < -0.39 is 0 Å². The Morgan fingerprint density at radius 3 is 2.63 bits per heavy atom. The lowest BCUT2D eigenvalue weighted by atomic mass is 9.71. The largest absolute Gasteiger partial charge is 0.351 e. The molecule has 3 aliphatic rings. The highest BCUT2D eigenvalue weighted by molar-refractivity contribution is 5.98. The van der Waals surface area contributed by atoms with Gasteiger partial charge in [0.15, 0.2) is 0 Å². The second-order valence-electron chi connectivity index (χ2n) is 8.83. The molecule has 5 rings (SSSR count). The van der Waals surface area contributed by atoms with Gasteiger partial charge in [-0.05, 0) is 31.4 Å². The normalized spacial score (nSPS) is 32.6. The maximum atomic E-state index is 13.5. The average Bonchev–Trinajstić information content (AvgIpc) is 3.12. The number of aromatic amines is 1. The van der Waals surface area contributed by atoms with Gasteiger partial charge < -0.3 is 14.8 Å². The van der Waals surface area contributed by atoms with Crippen molar-refractivity contribution in [1.29, 1.82) is 0 Å². The minimum atomic E-state index is 0.00671. The second-order valence-corrected chi connectivity index (χ2v) is 8.83. The van der Waals surface area contributed by atoms with Crippen LogP contribution in [-0.4, -0.2) is 51.3 Å². The number of nitrogens with zero attached hydrogens (tertiary/aromatic N) is 2. The molecule has 1 aliphatic carbocycles. The van der Waals surface area contributed by atoms with Crippen LogP contribution in [0.5, 0.6) is 0 Å². The van der Waals surface area contributed by atoms with E-state index in [4.69, 9.17) is 0 Å². The Labute approximate surface area is 159 Å². The Balaban J connectivity index is 1.55. The number of amides is 2. The van der Waals surface area contributed by atoms with Crippen molar-refractivity contribution in [2.45, 2.75) is 64.1 Å². The highest BCUT2D eigenvalue weighted by atomic mass is 16.2. The molecule has 1 aromatic heterocycles. The van der Waals surface area contributed by atoms with E-state index in [1.165, 1.54) is 0 Å². The summed E-state index contributed by atoms with van der Waals surface area (Å²) in [6.07, 6.45) is 5.40. The molecule has 1 saturated carbocycles. The molecule has 3 heterocycles. The van der Waals surface area contributed by atoms with Gasteiger partial charge in [0.2, 0.25) is 5.91 Å². The van der Waals surface area contributed by atoms with Crippen LogP contribution in [0.15, 0.2) is 30.3 Å².